The molecule has 3 heteroatoms. The summed E-state index contributed by atoms with van der Waals surface area (Å²) in [4.78, 5) is 0. The number of rotatable bonds is 4. The Bertz CT molecular complexity index is 743. The first-order chi connectivity index (χ1) is 10.2. The maximum absolute atomic E-state index is 4.45. The van der Waals surface area contributed by atoms with Gasteiger partial charge in [-0.05, 0) is 30.5 Å². The lowest BCUT2D eigenvalue weighted by molar-refractivity contribution is -0.689. The highest BCUT2D eigenvalue weighted by Crippen LogP contribution is 2.08. The Morgan fingerprint density at radius 1 is 1.05 bits per heavy atom. The number of benzene rings is 2. The minimum absolute atomic E-state index is 0.813. The van der Waals surface area contributed by atoms with Gasteiger partial charge in [-0.1, -0.05) is 54.1 Å². The Balaban J connectivity index is 1.73. The van der Waals surface area contributed by atoms with Gasteiger partial charge >= 0.3 is 0 Å². The number of aryl methyl sites for hydroxylation is 2. The molecule has 106 valence electrons. The van der Waals surface area contributed by atoms with Gasteiger partial charge in [-0.3, -0.25) is 0 Å². The first-order valence-corrected chi connectivity index (χ1v) is 7.22. The number of nitrogens with zero attached hydrogens (tertiary/aromatic N) is 3. The van der Waals surface area contributed by atoms with Gasteiger partial charge < -0.3 is 0 Å². The maximum Gasteiger partial charge on any atom is 0.265 e. The highest BCUT2D eigenvalue weighted by Gasteiger charge is 2.08. The van der Waals surface area contributed by atoms with Crippen LogP contribution in [0.15, 0.2) is 61.2 Å². The second-order valence-electron chi connectivity index (χ2n) is 5.53. The second-order valence-corrected chi connectivity index (χ2v) is 5.53. The molecule has 3 rings (SSSR count). The minimum atomic E-state index is 0.813. The summed E-state index contributed by atoms with van der Waals surface area (Å²) in [5.74, 6) is 0. The molecular formula is C18H20N3+. The Morgan fingerprint density at radius 2 is 1.90 bits per heavy atom. The number of aromatic nitrogens is 3. The van der Waals surface area contributed by atoms with E-state index in [1.54, 1.807) is 0 Å². The molecule has 21 heavy (non-hydrogen) atoms. The van der Waals surface area contributed by atoms with E-state index in [1.807, 2.05) is 11.0 Å². The zero-order chi connectivity index (χ0) is 14.7. The van der Waals surface area contributed by atoms with E-state index in [9.17, 15) is 0 Å². The van der Waals surface area contributed by atoms with Crippen LogP contribution in [-0.4, -0.2) is 9.78 Å². The third-order valence-corrected chi connectivity index (χ3v) is 3.67. The smallest absolute Gasteiger partial charge is 0.233 e. The Hall–Kier alpha value is -2.42. The Kier molecular flexibility index (Phi) is 3.82. The lowest BCUT2D eigenvalue weighted by Crippen LogP contribution is -2.31. The van der Waals surface area contributed by atoms with E-state index in [0.717, 1.165) is 13.1 Å². The van der Waals surface area contributed by atoms with Gasteiger partial charge in [0.05, 0.1) is 6.54 Å². The van der Waals surface area contributed by atoms with Crippen molar-refractivity contribution in [3.8, 4) is 0 Å². The predicted octanol–water partition coefficient (Wildman–Crippen LogP) is 2.88. The fourth-order valence-electron chi connectivity index (χ4n) is 2.51. The van der Waals surface area contributed by atoms with Crippen molar-refractivity contribution >= 4 is 0 Å². The largest absolute Gasteiger partial charge is 0.265 e. The average molecular weight is 278 g/mol. The molecule has 3 nitrogen and oxygen atoms in total. The third kappa shape index (κ3) is 3.37. The van der Waals surface area contributed by atoms with E-state index in [4.69, 9.17) is 0 Å². The van der Waals surface area contributed by atoms with Crippen LogP contribution in [0.25, 0.3) is 0 Å². The number of hydrogen-bond donors (Lipinski definition) is 0. The van der Waals surface area contributed by atoms with Crippen LogP contribution >= 0.6 is 0 Å². The van der Waals surface area contributed by atoms with Crippen molar-refractivity contribution in [3.05, 3.63) is 83.4 Å². The summed E-state index contributed by atoms with van der Waals surface area (Å²) in [6, 6.07) is 17.0. The van der Waals surface area contributed by atoms with Gasteiger partial charge in [0.1, 0.15) is 6.54 Å². The molecule has 0 radical (unpaired) electrons. The van der Waals surface area contributed by atoms with Gasteiger partial charge in [0.15, 0.2) is 0 Å². The lowest BCUT2D eigenvalue weighted by atomic mass is 10.1. The molecular weight excluding hydrogens is 258 g/mol. The fourth-order valence-corrected chi connectivity index (χ4v) is 2.51. The molecule has 0 bridgehead atoms. The molecule has 3 aromatic rings. The first kappa shape index (κ1) is 13.6. The van der Waals surface area contributed by atoms with Crippen molar-refractivity contribution in [2.24, 2.45) is 0 Å². The average Bonchev–Trinajstić information content (AvgIpc) is 2.89. The van der Waals surface area contributed by atoms with Gasteiger partial charge in [0.25, 0.3) is 6.33 Å². The molecule has 0 aliphatic heterocycles. The van der Waals surface area contributed by atoms with E-state index >= 15 is 0 Å². The van der Waals surface area contributed by atoms with Gasteiger partial charge in [-0.25, -0.2) is 4.57 Å². The van der Waals surface area contributed by atoms with Crippen molar-refractivity contribution < 1.29 is 4.57 Å². The summed E-state index contributed by atoms with van der Waals surface area (Å²) >= 11 is 0. The molecule has 0 saturated heterocycles. The van der Waals surface area contributed by atoms with Crippen molar-refractivity contribution in [3.63, 3.8) is 0 Å². The highest BCUT2D eigenvalue weighted by atomic mass is 15.3. The minimum Gasteiger partial charge on any atom is -0.233 e. The van der Waals surface area contributed by atoms with Gasteiger partial charge in [-0.2, -0.15) is 0 Å². The van der Waals surface area contributed by atoms with Crippen LogP contribution in [0, 0.1) is 13.8 Å². The molecule has 1 heterocycles. The molecule has 0 saturated carbocycles. The summed E-state index contributed by atoms with van der Waals surface area (Å²) in [5.41, 5.74) is 5.21. The fraction of sp³-hybridized carbons (Fsp3) is 0.222. The van der Waals surface area contributed by atoms with Crippen molar-refractivity contribution in [1.29, 1.82) is 0 Å². The quantitative estimate of drug-likeness (QED) is 0.673. The van der Waals surface area contributed by atoms with E-state index in [-0.39, 0.29) is 0 Å². The molecule has 0 unspecified atom stereocenters. The molecule has 0 N–H and O–H groups in total. The highest BCUT2D eigenvalue weighted by molar-refractivity contribution is 5.25. The first-order valence-electron chi connectivity index (χ1n) is 7.22. The zero-order valence-corrected chi connectivity index (χ0v) is 12.5. The van der Waals surface area contributed by atoms with Gasteiger partial charge in [0, 0.05) is 5.10 Å². The molecule has 0 amide bonds. The monoisotopic (exact) mass is 278 g/mol. The van der Waals surface area contributed by atoms with Crippen LogP contribution in [-0.2, 0) is 13.1 Å². The molecule has 0 aliphatic carbocycles. The van der Waals surface area contributed by atoms with Crippen molar-refractivity contribution in [2.45, 2.75) is 26.9 Å². The Labute approximate surface area is 125 Å². The van der Waals surface area contributed by atoms with E-state index in [0.29, 0.717) is 0 Å². The van der Waals surface area contributed by atoms with E-state index in [2.05, 4.69) is 78.4 Å². The molecule has 2 aromatic carbocycles. The van der Waals surface area contributed by atoms with Crippen molar-refractivity contribution in [2.75, 3.05) is 0 Å². The van der Waals surface area contributed by atoms with Gasteiger partial charge in [0.2, 0.25) is 6.33 Å². The van der Waals surface area contributed by atoms with Crippen LogP contribution in [0.1, 0.15) is 22.3 Å². The predicted molar refractivity (Wildman–Crippen MR) is 83.0 cm³/mol. The molecule has 1 aromatic heterocycles. The normalized spacial score (nSPS) is 10.8. The van der Waals surface area contributed by atoms with Crippen LogP contribution in [0.5, 0.6) is 0 Å². The molecule has 0 aliphatic rings. The summed E-state index contributed by atoms with van der Waals surface area (Å²) in [7, 11) is 0. The summed E-state index contributed by atoms with van der Waals surface area (Å²) in [6.07, 6.45) is 3.95. The summed E-state index contributed by atoms with van der Waals surface area (Å²) in [5, 5.41) is 4.45. The van der Waals surface area contributed by atoms with Crippen LogP contribution in [0.4, 0.5) is 0 Å². The van der Waals surface area contributed by atoms with E-state index in [1.165, 1.54) is 22.3 Å². The number of hydrogen-bond acceptors (Lipinski definition) is 1. The standard InChI is InChI=1S/C18H20N3/c1-15-6-5-8-17(10-15)11-20-13-19-21(14-20)12-18-9-4-3-7-16(18)2/h3-10,13-14H,11-12H2,1-2H3/q+1. The second kappa shape index (κ2) is 5.92. The third-order valence-electron chi connectivity index (χ3n) is 3.67. The molecule has 0 fully saturated rings. The van der Waals surface area contributed by atoms with E-state index < -0.39 is 0 Å². The SMILES string of the molecule is Cc1cccc(C[n+]2cnn(Cc3ccccc3C)c2)c1. The topological polar surface area (TPSA) is 21.7 Å². The lowest BCUT2D eigenvalue weighted by Gasteiger charge is -2.01. The Morgan fingerprint density at radius 3 is 2.71 bits per heavy atom. The van der Waals surface area contributed by atoms with Crippen LogP contribution in [0.3, 0.4) is 0 Å². The summed E-state index contributed by atoms with van der Waals surface area (Å²) < 4.78 is 4.10. The maximum atomic E-state index is 4.45. The molecule has 0 atom stereocenters. The van der Waals surface area contributed by atoms with Gasteiger partial charge in [-0.15, -0.1) is 4.68 Å². The van der Waals surface area contributed by atoms with Crippen LogP contribution < -0.4 is 4.57 Å². The van der Waals surface area contributed by atoms with Crippen LogP contribution in [0.2, 0.25) is 0 Å². The zero-order valence-electron chi connectivity index (χ0n) is 12.5. The summed E-state index contributed by atoms with van der Waals surface area (Å²) in [6.45, 7) is 5.93. The van der Waals surface area contributed by atoms with Crippen molar-refractivity contribution in [1.82, 2.24) is 9.78 Å². The molecule has 0 spiro atoms.